The second kappa shape index (κ2) is 6.10. The molecular weight excluding hydrogens is 308 g/mol. The van der Waals surface area contributed by atoms with Gasteiger partial charge in [-0.05, 0) is 13.8 Å². The molecule has 1 unspecified atom stereocenters. The molecule has 1 amide bonds. The zero-order valence-electron chi connectivity index (χ0n) is 12.8. The lowest BCUT2D eigenvalue weighted by atomic mass is 10.1. The molecule has 0 radical (unpaired) electrons. The van der Waals surface area contributed by atoms with E-state index in [1.807, 2.05) is 6.92 Å². The van der Waals surface area contributed by atoms with Crippen molar-refractivity contribution in [2.24, 2.45) is 7.05 Å². The number of carbonyl (C=O) groups excluding carboxylic acids is 1. The summed E-state index contributed by atoms with van der Waals surface area (Å²) >= 11 is 0. The molecule has 7 nitrogen and oxygen atoms in total. The summed E-state index contributed by atoms with van der Waals surface area (Å²) in [7, 11) is 1.61. The van der Waals surface area contributed by atoms with Gasteiger partial charge in [0, 0.05) is 32.7 Å². The number of aryl methyl sites for hydroxylation is 2. The highest BCUT2D eigenvalue weighted by atomic mass is 35.5. The van der Waals surface area contributed by atoms with Crippen molar-refractivity contribution < 1.29 is 9.21 Å². The molecule has 120 valence electrons. The molecule has 2 aromatic heterocycles. The van der Waals surface area contributed by atoms with Crippen molar-refractivity contribution in [2.75, 3.05) is 19.6 Å². The van der Waals surface area contributed by atoms with E-state index in [-0.39, 0.29) is 41.0 Å². The maximum atomic E-state index is 12.8. The van der Waals surface area contributed by atoms with Gasteiger partial charge in [0.25, 0.3) is 11.5 Å². The fourth-order valence-corrected chi connectivity index (χ4v) is 2.72. The molecule has 3 heterocycles. The van der Waals surface area contributed by atoms with Crippen LogP contribution in [0.5, 0.6) is 0 Å². The normalized spacial score (nSPS) is 18.3. The quantitative estimate of drug-likeness (QED) is 0.834. The monoisotopic (exact) mass is 326 g/mol. The van der Waals surface area contributed by atoms with Crippen molar-refractivity contribution in [1.29, 1.82) is 0 Å². The minimum atomic E-state index is -0.261. The summed E-state index contributed by atoms with van der Waals surface area (Å²) < 4.78 is 6.84. The van der Waals surface area contributed by atoms with Gasteiger partial charge in [-0.1, -0.05) is 0 Å². The highest BCUT2D eigenvalue weighted by Crippen LogP contribution is 2.22. The van der Waals surface area contributed by atoms with E-state index in [2.05, 4.69) is 10.3 Å². The molecule has 3 rings (SSSR count). The van der Waals surface area contributed by atoms with Crippen molar-refractivity contribution in [3.63, 3.8) is 0 Å². The zero-order chi connectivity index (χ0) is 15.1. The van der Waals surface area contributed by atoms with Crippen LogP contribution in [0.15, 0.2) is 15.5 Å². The molecule has 0 aromatic carbocycles. The summed E-state index contributed by atoms with van der Waals surface area (Å²) in [6.45, 7) is 5.71. The third-order valence-electron chi connectivity index (χ3n) is 3.82. The van der Waals surface area contributed by atoms with Gasteiger partial charge in [-0.2, -0.15) is 0 Å². The van der Waals surface area contributed by atoms with Crippen LogP contribution in [0.3, 0.4) is 0 Å². The van der Waals surface area contributed by atoms with E-state index < -0.39 is 0 Å². The molecule has 0 aliphatic carbocycles. The molecule has 1 saturated heterocycles. The first-order valence-corrected chi connectivity index (χ1v) is 6.96. The maximum Gasteiger partial charge on any atom is 0.265 e. The summed E-state index contributed by atoms with van der Waals surface area (Å²) in [6, 6.07) is 0.238. The van der Waals surface area contributed by atoms with Gasteiger partial charge < -0.3 is 19.2 Å². The van der Waals surface area contributed by atoms with Crippen molar-refractivity contribution in [3.05, 3.63) is 28.0 Å². The molecular formula is C14H19ClN4O3. The average molecular weight is 327 g/mol. The molecule has 1 atom stereocenters. The van der Waals surface area contributed by atoms with Crippen LogP contribution >= 0.6 is 12.4 Å². The predicted octanol–water partition coefficient (Wildman–Crippen LogP) is 0.691. The summed E-state index contributed by atoms with van der Waals surface area (Å²) in [5.74, 6) is 0.279. The van der Waals surface area contributed by atoms with Crippen LogP contribution in [-0.2, 0) is 7.05 Å². The Balaban J connectivity index is 0.00000176. The summed E-state index contributed by atoms with van der Waals surface area (Å²) in [4.78, 5) is 30.9. The van der Waals surface area contributed by atoms with Crippen LogP contribution in [0.25, 0.3) is 11.1 Å². The highest BCUT2D eigenvalue weighted by molar-refractivity contribution is 6.06. The van der Waals surface area contributed by atoms with Gasteiger partial charge in [0.2, 0.25) is 5.71 Å². The second-order valence-electron chi connectivity index (χ2n) is 5.48. The SMILES string of the molecule is Cc1oc2ncn(C)c(=O)c2c1C(=O)N1CCNC(C)C1.Cl. The third kappa shape index (κ3) is 2.62. The van der Waals surface area contributed by atoms with Crippen molar-refractivity contribution in [3.8, 4) is 0 Å². The van der Waals surface area contributed by atoms with Crippen LogP contribution in [0, 0.1) is 6.92 Å². The first-order chi connectivity index (χ1) is 9.99. The van der Waals surface area contributed by atoms with E-state index in [9.17, 15) is 9.59 Å². The van der Waals surface area contributed by atoms with Gasteiger partial charge in [-0.3, -0.25) is 9.59 Å². The Bertz CT molecular complexity index is 767. The molecule has 1 aliphatic rings. The lowest BCUT2D eigenvalue weighted by Gasteiger charge is -2.31. The molecule has 2 aromatic rings. The first kappa shape index (κ1) is 16.5. The van der Waals surface area contributed by atoms with Crippen LogP contribution < -0.4 is 10.9 Å². The number of hydrogen-bond acceptors (Lipinski definition) is 5. The van der Waals surface area contributed by atoms with Crippen molar-refractivity contribution in [1.82, 2.24) is 19.8 Å². The van der Waals surface area contributed by atoms with Crippen molar-refractivity contribution >= 4 is 29.4 Å². The van der Waals surface area contributed by atoms with Crippen LogP contribution in [-0.4, -0.2) is 46.0 Å². The maximum absolute atomic E-state index is 12.8. The number of nitrogens with one attached hydrogen (secondary N) is 1. The number of piperazine rings is 1. The number of amides is 1. The lowest BCUT2D eigenvalue weighted by Crippen LogP contribution is -2.51. The van der Waals surface area contributed by atoms with E-state index in [1.165, 1.54) is 10.9 Å². The molecule has 8 heteroatoms. The van der Waals surface area contributed by atoms with Gasteiger partial charge >= 0.3 is 0 Å². The highest BCUT2D eigenvalue weighted by Gasteiger charge is 2.28. The first-order valence-electron chi connectivity index (χ1n) is 6.96. The number of fused-ring (bicyclic) bond motifs is 1. The summed E-state index contributed by atoms with van der Waals surface area (Å²) in [5.41, 5.74) is 0.304. The largest absolute Gasteiger partial charge is 0.442 e. The number of furan rings is 1. The molecule has 0 spiro atoms. The summed E-state index contributed by atoms with van der Waals surface area (Å²) in [5, 5.41) is 3.56. The number of hydrogen-bond donors (Lipinski definition) is 1. The van der Waals surface area contributed by atoms with E-state index in [1.54, 1.807) is 18.9 Å². The van der Waals surface area contributed by atoms with Crippen LogP contribution in [0.1, 0.15) is 23.0 Å². The minimum Gasteiger partial charge on any atom is -0.442 e. The van der Waals surface area contributed by atoms with Crippen LogP contribution in [0.2, 0.25) is 0 Å². The van der Waals surface area contributed by atoms with E-state index in [4.69, 9.17) is 4.42 Å². The molecule has 1 fully saturated rings. The Kier molecular flexibility index (Phi) is 4.58. The number of carbonyl (C=O) groups is 1. The molecule has 22 heavy (non-hydrogen) atoms. The Hall–Kier alpha value is -1.86. The topological polar surface area (TPSA) is 80.4 Å². The van der Waals surface area contributed by atoms with Gasteiger partial charge in [-0.15, -0.1) is 12.4 Å². The van der Waals surface area contributed by atoms with Gasteiger partial charge in [0.1, 0.15) is 17.5 Å². The van der Waals surface area contributed by atoms with Gasteiger partial charge in [0.15, 0.2) is 0 Å². The molecule has 0 saturated carbocycles. The van der Waals surface area contributed by atoms with Gasteiger partial charge in [-0.25, -0.2) is 4.98 Å². The Morgan fingerprint density at radius 2 is 2.23 bits per heavy atom. The summed E-state index contributed by atoms with van der Waals surface area (Å²) in [6.07, 6.45) is 1.40. The zero-order valence-corrected chi connectivity index (χ0v) is 13.6. The Morgan fingerprint density at radius 1 is 1.50 bits per heavy atom. The fraction of sp³-hybridized carbons (Fsp3) is 0.500. The second-order valence-corrected chi connectivity index (χ2v) is 5.48. The van der Waals surface area contributed by atoms with Crippen LogP contribution in [0.4, 0.5) is 0 Å². The van der Waals surface area contributed by atoms with E-state index in [0.29, 0.717) is 24.4 Å². The predicted molar refractivity (Wildman–Crippen MR) is 84.6 cm³/mol. The lowest BCUT2D eigenvalue weighted by molar-refractivity contribution is 0.0709. The molecule has 1 N–H and O–H groups in total. The van der Waals surface area contributed by atoms with Gasteiger partial charge in [0.05, 0.1) is 5.56 Å². The number of halogens is 1. The molecule has 1 aliphatic heterocycles. The number of nitrogens with zero attached hydrogens (tertiary/aromatic N) is 3. The Labute approximate surface area is 133 Å². The average Bonchev–Trinajstić information content (AvgIpc) is 2.79. The Morgan fingerprint density at radius 3 is 2.91 bits per heavy atom. The third-order valence-corrected chi connectivity index (χ3v) is 3.82. The van der Waals surface area contributed by atoms with Crippen molar-refractivity contribution in [2.45, 2.75) is 19.9 Å². The standard InChI is InChI=1S/C14H18N4O3.ClH/c1-8-6-18(5-4-15-8)14(20)10-9(2)21-12-11(10)13(19)17(3)7-16-12;/h7-8,15H,4-6H2,1-3H3;1H. The molecule has 0 bridgehead atoms. The number of rotatable bonds is 1. The minimum absolute atomic E-state index is 0. The van der Waals surface area contributed by atoms with E-state index in [0.717, 1.165) is 6.54 Å². The smallest absolute Gasteiger partial charge is 0.265 e. The van der Waals surface area contributed by atoms with E-state index >= 15 is 0 Å². The number of aromatic nitrogens is 2. The fourth-order valence-electron chi connectivity index (χ4n) is 2.72.